The van der Waals surface area contributed by atoms with Crippen LogP contribution < -0.4 is 11.1 Å². The normalized spacial score (nSPS) is 23.3. The summed E-state index contributed by atoms with van der Waals surface area (Å²) in [5.74, 6) is 0.884. The summed E-state index contributed by atoms with van der Waals surface area (Å²) in [5.41, 5.74) is 7.06. The molecule has 1 aliphatic carbocycles. The Kier molecular flexibility index (Phi) is 5.60. The average molecular weight is 328 g/mol. The van der Waals surface area contributed by atoms with Crippen molar-refractivity contribution in [1.82, 2.24) is 4.98 Å². The topological polar surface area (TPSA) is 60.2 Å². The maximum absolute atomic E-state index is 5.88. The van der Waals surface area contributed by atoms with Gasteiger partial charge in [-0.3, -0.25) is 0 Å². The van der Waals surface area contributed by atoms with Crippen LogP contribution in [0.4, 0.5) is 5.82 Å². The number of aromatic nitrogens is 1. The van der Waals surface area contributed by atoms with Gasteiger partial charge in [-0.15, -0.1) is 0 Å². The molecule has 0 saturated heterocycles. The number of rotatable bonds is 5. The van der Waals surface area contributed by atoms with Gasteiger partial charge in [-0.25, -0.2) is 4.98 Å². The summed E-state index contributed by atoms with van der Waals surface area (Å²) in [4.78, 5) is 4.30. The van der Waals surface area contributed by atoms with Crippen molar-refractivity contribution in [2.24, 2.45) is 5.73 Å². The van der Waals surface area contributed by atoms with Crippen LogP contribution in [0.2, 0.25) is 0 Å². The summed E-state index contributed by atoms with van der Waals surface area (Å²) < 4.78 is 6.89. The van der Waals surface area contributed by atoms with Crippen LogP contribution in [-0.4, -0.2) is 30.3 Å². The molecule has 4 nitrogen and oxygen atoms in total. The second-order valence-corrected chi connectivity index (χ2v) is 5.92. The van der Waals surface area contributed by atoms with Crippen molar-refractivity contribution in [1.29, 1.82) is 0 Å². The van der Waals surface area contributed by atoms with E-state index in [1.807, 2.05) is 12.3 Å². The Bertz CT molecular complexity index is 406. The van der Waals surface area contributed by atoms with Crippen molar-refractivity contribution in [3.05, 3.63) is 22.3 Å². The largest absolute Gasteiger partial charge is 0.376 e. The highest BCUT2D eigenvalue weighted by molar-refractivity contribution is 9.10. The molecule has 0 aliphatic heterocycles. The van der Waals surface area contributed by atoms with Crippen LogP contribution >= 0.6 is 15.9 Å². The molecule has 3 N–H and O–H groups in total. The van der Waals surface area contributed by atoms with Crippen molar-refractivity contribution < 1.29 is 4.74 Å². The Morgan fingerprint density at radius 2 is 2.16 bits per heavy atom. The Labute approximate surface area is 123 Å². The van der Waals surface area contributed by atoms with Crippen LogP contribution in [0.25, 0.3) is 0 Å². The second kappa shape index (κ2) is 7.22. The molecule has 5 heteroatoms. The molecule has 19 heavy (non-hydrogen) atoms. The van der Waals surface area contributed by atoms with E-state index in [4.69, 9.17) is 10.5 Å². The Balaban J connectivity index is 1.68. The standard InChI is InChI=1S/C14H22BrN3O/c1-10-6-7-17-14(13(10)15)18-8-9-19-12-4-2-11(16)3-5-12/h6-7,11-12H,2-5,8-9,16H2,1H3,(H,17,18). The summed E-state index contributed by atoms with van der Waals surface area (Å²) in [7, 11) is 0. The molecule has 0 spiro atoms. The third-order valence-electron chi connectivity index (χ3n) is 3.55. The lowest BCUT2D eigenvalue weighted by atomic mass is 9.94. The number of anilines is 1. The lowest BCUT2D eigenvalue weighted by Crippen LogP contribution is -2.31. The van der Waals surface area contributed by atoms with Crippen LogP contribution in [0.15, 0.2) is 16.7 Å². The SMILES string of the molecule is Cc1ccnc(NCCOC2CCC(N)CC2)c1Br. The molecule has 0 atom stereocenters. The van der Waals surface area contributed by atoms with Crippen LogP contribution in [0.5, 0.6) is 0 Å². The van der Waals surface area contributed by atoms with Gasteiger partial charge < -0.3 is 15.8 Å². The molecule has 1 aromatic rings. The molecule has 0 bridgehead atoms. The number of hydrogen-bond acceptors (Lipinski definition) is 4. The first kappa shape index (κ1) is 14.8. The Morgan fingerprint density at radius 1 is 1.42 bits per heavy atom. The molecule has 0 amide bonds. The maximum atomic E-state index is 5.88. The number of halogens is 1. The number of nitrogens with two attached hydrogens (primary N) is 1. The van der Waals surface area contributed by atoms with Gasteiger partial charge in [0.1, 0.15) is 5.82 Å². The molecule has 0 unspecified atom stereocenters. The monoisotopic (exact) mass is 327 g/mol. The van der Waals surface area contributed by atoms with E-state index in [9.17, 15) is 0 Å². The third kappa shape index (κ3) is 4.44. The van der Waals surface area contributed by atoms with Crippen LogP contribution in [0.3, 0.4) is 0 Å². The lowest BCUT2D eigenvalue weighted by Gasteiger charge is -2.26. The van der Waals surface area contributed by atoms with Crippen molar-refractivity contribution in [2.75, 3.05) is 18.5 Å². The molecule has 1 saturated carbocycles. The number of aryl methyl sites for hydroxylation is 1. The molecule has 1 aromatic heterocycles. The fraction of sp³-hybridized carbons (Fsp3) is 0.643. The van der Waals surface area contributed by atoms with Crippen LogP contribution in [-0.2, 0) is 4.74 Å². The predicted octanol–water partition coefficient (Wildman–Crippen LogP) is 2.85. The highest BCUT2D eigenvalue weighted by atomic mass is 79.9. The van der Waals surface area contributed by atoms with Gasteiger partial charge in [0, 0.05) is 18.8 Å². The number of hydrogen-bond donors (Lipinski definition) is 2. The zero-order chi connectivity index (χ0) is 13.7. The van der Waals surface area contributed by atoms with Crippen molar-refractivity contribution in [3.8, 4) is 0 Å². The van der Waals surface area contributed by atoms with Gasteiger partial charge >= 0.3 is 0 Å². The van der Waals surface area contributed by atoms with E-state index in [-0.39, 0.29) is 0 Å². The first-order chi connectivity index (χ1) is 9.16. The molecular formula is C14H22BrN3O. The quantitative estimate of drug-likeness (QED) is 0.816. The zero-order valence-electron chi connectivity index (χ0n) is 11.4. The zero-order valence-corrected chi connectivity index (χ0v) is 12.9. The molecule has 0 radical (unpaired) electrons. The number of pyridine rings is 1. The van der Waals surface area contributed by atoms with E-state index in [2.05, 4.69) is 33.2 Å². The van der Waals surface area contributed by atoms with E-state index in [0.29, 0.717) is 18.8 Å². The predicted molar refractivity (Wildman–Crippen MR) is 81.3 cm³/mol. The molecule has 0 aromatic carbocycles. The molecule has 106 valence electrons. The van der Waals surface area contributed by atoms with Gasteiger partial charge in [-0.05, 0) is 60.2 Å². The van der Waals surface area contributed by atoms with Crippen LogP contribution in [0.1, 0.15) is 31.2 Å². The summed E-state index contributed by atoms with van der Waals surface area (Å²) in [6.07, 6.45) is 6.55. The molecule has 1 fully saturated rings. The highest BCUT2D eigenvalue weighted by Gasteiger charge is 2.18. The Hall–Kier alpha value is -0.650. The summed E-state index contributed by atoms with van der Waals surface area (Å²) in [5, 5.41) is 3.29. The first-order valence-corrected chi connectivity index (χ1v) is 7.68. The summed E-state index contributed by atoms with van der Waals surface area (Å²) >= 11 is 3.54. The molecule has 2 rings (SSSR count). The average Bonchev–Trinajstić information content (AvgIpc) is 2.41. The van der Waals surface area contributed by atoms with Crippen molar-refractivity contribution >= 4 is 21.7 Å². The highest BCUT2D eigenvalue weighted by Crippen LogP contribution is 2.23. The maximum Gasteiger partial charge on any atom is 0.140 e. The van der Waals surface area contributed by atoms with Crippen molar-refractivity contribution in [3.63, 3.8) is 0 Å². The van der Waals surface area contributed by atoms with Gasteiger partial charge in [0.25, 0.3) is 0 Å². The smallest absolute Gasteiger partial charge is 0.140 e. The van der Waals surface area contributed by atoms with Gasteiger partial charge in [0.15, 0.2) is 0 Å². The van der Waals surface area contributed by atoms with Crippen LogP contribution in [0, 0.1) is 6.92 Å². The number of nitrogens with one attached hydrogen (secondary N) is 1. The van der Waals surface area contributed by atoms with E-state index in [1.54, 1.807) is 0 Å². The van der Waals surface area contributed by atoms with E-state index in [0.717, 1.165) is 42.5 Å². The summed E-state index contributed by atoms with van der Waals surface area (Å²) in [6, 6.07) is 2.36. The third-order valence-corrected chi connectivity index (χ3v) is 4.55. The van der Waals surface area contributed by atoms with Gasteiger partial charge in [0.2, 0.25) is 0 Å². The van der Waals surface area contributed by atoms with E-state index >= 15 is 0 Å². The molecule has 1 aliphatic rings. The minimum atomic E-state index is 0.380. The van der Waals surface area contributed by atoms with Gasteiger partial charge in [-0.2, -0.15) is 0 Å². The lowest BCUT2D eigenvalue weighted by molar-refractivity contribution is 0.0313. The minimum absolute atomic E-state index is 0.380. The minimum Gasteiger partial charge on any atom is -0.376 e. The second-order valence-electron chi connectivity index (χ2n) is 5.12. The number of ether oxygens (including phenoxy) is 1. The molecular weight excluding hydrogens is 306 g/mol. The number of nitrogens with zero attached hydrogens (tertiary/aromatic N) is 1. The fourth-order valence-corrected chi connectivity index (χ4v) is 2.69. The van der Waals surface area contributed by atoms with Crippen molar-refractivity contribution in [2.45, 2.75) is 44.8 Å². The first-order valence-electron chi connectivity index (χ1n) is 6.89. The fourth-order valence-electron chi connectivity index (χ4n) is 2.31. The molecule has 1 heterocycles. The van der Waals surface area contributed by atoms with Gasteiger partial charge in [-0.1, -0.05) is 0 Å². The Morgan fingerprint density at radius 3 is 2.89 bits per heavy atom. The summed E-state index contributed by atoms with van der Waals surface area (Å²) in [6.45, 7) is 3.54. The van der Waals surface area contributed by atoms with Gasteiger partial charge in [0.05, 0.1) is 17.2 Å². The van der Waals surface area contributed by atoms with E-state index < -0.39 is 0 Å². The van der Waals surface area contributed by atoms with E-state index in [1.165, 1.54) is 5.56 Å².